The third-order valence-electron chi connectivity index (χ3n) is 5.59. The van der Waals surface area contributed by atoms with Gasteiger partial charge in [-0.05, 0) is 48.4 Å². The summed E-state index contributed by atoms with van der Waals surface area (Å²) in [6, 6.07) is 23.7. The van der Waals surface area contributed by atoms with Crippen molar-refractivity contribution in [2.75, 3.05) is 26.2 Å². The van der Waals surface area contributed by atoms with Crippen molar-refractivity contribution >= 4 is 24.8 Å². The van der Waals surface area contributed by atoms with Crippen LogP contribution < -0.4 is 14.8 Å². The Morgan fingerprint density at radius 1 is 0.771 bits per heavy atom. The first-order valence-corrected chi connectivity index (χ1v) is 11.1. The van der Waals surface area contributed by atoms with Crippen LogP contribution in [0.25, 0.3) is 0 Å². The molecule has 0 aromatic heterocycles. The van der Waals surface area contributed by atoms with Gasteiger partial charge in [0.25, 0.3) is 0 Å². The number of benzene rings is 3. The molecule has 1 aliphatic rings. The number of nitrogens with zero attached hydrogens (tertiary/aromatic N) is 1. The van der Waals surface area contributed by atoms with Crippen molar-refractivity contribution in [2.24, 2.45) is 0 Å². The Bertz CT molecular complexity index is 1020. The summed E-state index contributed by atoms with van der Waals surface area (Å²) in [4.78, 5) is 2.11. The first kappa shape index (κ1) is 28.8. The fourth-order valence-electron chi connectivity index (χ4n) is 3.98. The van der Waals surface area contributed by atoms with Crippen molar-refractivity contribution in [3.05, 3.63) is 84.4 Å². The van der Waals surface area contributed by atoms with Gasteiger partial charge in [0.05, 0.1) is 0 Å². The van der Waals surface area contributed by atoms with Crippen molar-refractivity contribution in [1.29, 1.82) is 0 Å². The Labute approximate surface area is 216 Å². The van der Waals surface area contributed by atoms with Gasteiger partial charge in [-0.2, -0.15) is 13.2 Å². The van der Waals surface area contributed by atoms with E-state index < -0.39 is 12.6 Å². The molecule has 35 heavy (non-hydrogen) atoms. The molecular weight excluding hydrogens is 500 g/mol. The summed E-state index contributed by atoms with van der Waals surface area (Å²) in [5.41, 5.74) is 0.785. The highest BCUT2D eigenvalue weighted by Crippen LogP contribution is 2.39. The molecule has 1 saturated heterocycles. The Morgan fingerprint density at radius 2 is 1.31 bits per heavy atom. The Morgan fingerprint density at radius 3 is 1.86 bits per heavy atom. The summed E-state index contributed by atoms with van der Waals surface area (Å²) >= 11 is 0. The smallest absolute Gasteiger partial charge is 0.389 e. The zero-order chi connectivity index (χ0) is 23.1. The van der Waals surface area contributed by atoms with E-state index in [-0.39, 0.29) is 37.3 Å². The van der Waals surface area contributed by atoms with E-state index in [2.05, 4.69) is 10.2 Å². The molecule has 1 heterocycles. The lowest BCUT2D eigenvalue weighted by molar-refractivity contribution is -0.138. The van der Waals surface area contributed by atoms with Gasteiger partial charge in [0.2, 0.25) is 0 Å². The minimum absolute atomic E-state index is 0. The van der Waals surface area contributed by atoms with Crippen molar-refractivity contribution in [1.82, 2.24) is 10.2 Å². The van der Waals surface area contributed by atoms with Crippen molar-refractivity contribution in [3.63, 3.8) is 0 Å². The number of nitrogens with one attached hydrogen (secondary N) is 1. The van der Waals surface area contributed by atoms with Crippen LogP contribution in [0, 0.1) is 0 Å². The third kappa shape index (κ3) is 8.61. The number of hydrogen-bond donors (Lipinski definition) is 1. The van der Waals surface area contributed by atoms with Gasteiger partial charge in [0, 0.05) is 38.6 Å². The second kappa shape index (κ2) is 13.6. The number of ether oxygens (including phenoxy) is 2. The SMILES string of the molecule is Cl.Cl.FC(F)(F)CC[C@@H](c1ccc(Oc2ccccc2)c(Oc2ccccc2)c1)N1CCNCC1. The zero-order valence-corrected chi connectivity index (χ0v) is 20.7. The first-order chi connectivity index (χ1) is 16.0. The van der Waals surface area contributed by atoms with Gasteiger partial charge < -0.3 is 14.8 Å². The molecule has 3 aromatic rings. The van der Waals surface area contributed by atoms with Crippen LogP contribution in [-0.4, -0.2) is 37.3 Å². The molecule has 0 unspecified atom stereocenters. The molecule has 1 atom stereocenters. The van der Waals surface area contributed by atoms with Crippen LogP contribution in [0.4, 0.5) is 13.2 Å². The van der Waals surface area contributed by atoms with Crippen LogP contribution >= 0.6 is 24.8 Å². The lowest BCUT2D eigenvalue weighted by Gasteiger charge is -2.35. The van der Waals surface area contributed by atoms with Crippen molar-refractivity contribution < 1.29 is 22.6 Å². The largest absolute Gasteiger partial charge is 0.453 e. The summed E-state index contributed by atoms with van der Waals surface area (Å²) in [5.74, 6) is 2.25. The van der Waals surface area contributed by atoms with Crippen LogP contribution in [0.2, 0.25) is 0 Å². The molecule has 0 saturated carbocycles. The van der Waals surface area contributed by atoms with Crippen LogP contribution in [0.15, 0.2) is 78.9 Å². The van der Waals surface area contributed by atoms with E-state index in [1.807, 2.05) is 72.8 Å². The second-order valence-corrected chi connectivity index (χ2v) is 7.99. The van der Waals surface area contributed by atoms with E-state index in [4.69, 9.17) is 9.47 Å². The highest BCUT2D eigenvalue weighted by molar-refractivity contribution is 5.85. The Hall–Kier alpha value is -2.45. The first-order valence-electron chi connectivity index (χ1n) is 11.1. The summed E-state index contributed by atoms with van der Waals surface area (Å²) in [6.45, 7) is 2.90. The molecule has 1 N–H and O–H groups in total. The van der Waals surface area contributed by atoms with Crippen molar-refractivity contribution in [2.45, 2.75) is 25.1 Å². The molecule has 3 aromatic carbocycles. The number of rotatable bonds is 8. The van der Waals surface area contributed by atoms with Gasteiger partial charge in [0.1, 0.15) is 11.5 Å². The maximum absolute atomic E-state index is 13.1. The Kier molecular flexibility index (Phi) is 11.2. The molecule has 9 heteroatoms. The number of alkyl halides is 3. The van der Waals surface area contributed by atoms with E-state index in [9.17, 15) is 13.2 Å². The predicted molar refractivity (Wildman–Crippen MR) is 136 cm³/mol. The van der Waals surface area contributed by atoms with E-state index in [1.165, 1.54) is 0 Å². The highest BCUT2D eigenvalue weighted by Gasteiger charge is 2.31. The average Bonchev–Trinajstić information content (AvgIpc) is 2.82. The molecule has 0 amide bonds. The van der Waals surface area contributed by atoms with Crippen LogP contribution in [0.3, 0.4) is 0 Å². The van der Waals surface area contributed by atoms with Crippen molar-refractivity contribution in [3.8, 4) is 23.0 Å². The molecule has 0 radical (unpaired) electrons. The van der Waals surface area contributed by atoms with Crippen LogP contribution in [0.1, 0.15) is 24.4 Å². The Balaban J connectivity index is 0.00000216. The van der Waals surface area contributed by atoms with E-state index in [1.54, 1.807) is 6.07 Å². The van der Waals surface area contributed by atoms with E-state index in [0.717, 1.165) is 18.7 Å². The lowest BCUT2D eigenvalue weighted by atomic mass is 9.98. The minimum Gasteiger partial charge on any atom is -0.453 e. The summed E-state index contributed by atoms with van der Waals surface area (Å²) in [6.07, 6.45) is -5.04. The summed E-state index contributed by atoms with van der Waals surface area (Å²) in [7, 11) is 0. The molecular formula is C26H29Cl2F3N2O2. The monoisotopic (exact) mass is 528 g/mol. The van der Waals surface area contributed by atoms with Crippen LogP contribution in [-0.2, 0) is 0 Å². The fraction of sp³-hybridized carbons (Fsp3) is 0.308. The minimum atomic E-state index is -4.20. The number of para-hydroxylation sites is 2. The molecule has 0 aliphatic carbocycles. The zero-order valence-electron chi connectivity index (χ0n) is 19.0. The fourth-order valence-corrected chi connectivity index (χ4v) is 3.98. The lowest BCUT2D eigenvalue weighted by Crippen LogP contribution is -2.45. The normalized spacial score (nSPS) is 14.8. The highest BCUT2D eigenvalue weighted by atomic mass is 35.5. The maximum atomic E-state index is 13.1. The molecule has 4 rings (SSSR count). The average molecular weight is 529 g/mol. The summed E-state index contributed by atoms with van der Waals surface area (Å²) in [5, 5.41) is 3.27. The number of hydrogen-bond acceptors (Lipinski definition) is 4. The van der Waals surface area contributed by atoms with Gasteiger partial charge in [-0.25, -0.2) is 0 Å². The van der Waals surface area contributed by atoms with Gasteiger partial charge >= 0.3 is 6.18 Å². The third-order valence-corrected chi connectivity index (χ3v) is 5.59. The topological polar surface area (TPSA) is 33.7 Å². The summed E-state index contributed by atoms with van der Waals surface area (Å²) < 4.78 is 51.5. The van der Waals surface area contributed by atoms with E-state index >= 15 is 0 Å². The van der Waals surface area contributed by atoms with Gasteiger partial charge in [-0.15, -0.1) is 24.8 Å². The van der Waals surface area contributed by atoms with Gasteiger partial charge in [-0.1, -0.05) is 42.5 Å². The van der Waals surface area contributed by atoms with E-state index in [0.29, 0.717) is 36.1 Å². The standard InChI is InChI=1S/C26H27F3N2O2.2ClH/c27-26(28,29)14-13-23(31-17-15-30-16-18-31)20-11-12-24(32-21-7-3-1-4-8-21)25(19-20)33-22-9-5-2-6-10-22;;/h1-12,19,23,30H,13-18H2;2*1H/t23-;;/m0../s1. The maximum Gasteiger partial charge on any atom is 0.389 e. The van der Waals surface area contributed by atoms with Crippen LogP contribution in [0.5, 0.6) is 23.0 Å². The van der Waals surface area contributed by atoms with Gasteiger partial charge in [-0.3, -0.25) is 4.90 Å². The molecule has 190 valence electrons. The van der Waals surface area contributed by atoms with Gasteiger partial charge in [0.15, 0.2) is 11.5 Å². The number of halogens is 5. The predicted octanol–water partition coefficient (Wildman–Crippen LogP) is 7.40. The molecule has 0 bridgehead atoms. The quantitative estimate of drug-likeness (QED) is 0.330. The molecule has 4 nitrogen and oxygen atoms in total. The molecule has 1 fully saturated rings. The molecule has 0 spiro atoms. The molecule has 1 aliphatic heterocycles. The second-order valence-electron chi connectivity index (χ2n) is 7.99. The number of piperazine rings is 1.